The minimum absolute atomic E-state index is 0.0215. The van der Waals surface area contributed by atoms with Crippen molar-refractivity contribution in [1.82, 2.24) is 9.88 Å². The lowest BCUT2D eigenvalue weighted by molar-refractivity contribution is -0.135. The zero-order chi connectivity index (χ0) is 17.0. The van der Waals surface area contributed by atoms with Crippen LogP contribution >= 0.6 is 0 Å². The number of hydrogen-bond acceptors (Lipinski definition) is 4. The van der Waals surface area contributed by atoms with Gasteiger partial charge in [-0.3, -0.25) is 14.6 Å². The van der Waals surface area contributed by atoms with Gasteiger partial charge in [0.1, 0.15) is 17.5 Å². The molecular weight excluding hydrogens is 294 g/mol. The molecule has 2 heterocycles. The molecule has 2 rings (SSSR count). The van der Waals surface area contributed by atoms with Crippen LogP contribution in [0.3, 0.4) is 0 Å². The molecule has 0 aliphatic carbocycles. The number of primary amides is 1. The lowest BCUT2D eigenvalue weighted by Crippen LogP contribution is -2.45. The van der Waals surface area contributed by atoms with Gasteiger partial charge in [-0.15, -0.1) is 0 Å². The molecule has 1 atom stereocenters. The number of carbonyl (C=O) groups is 2. The van der Waals surface area contributed by atoms with Crippen molar-refractivity contribution in [2.75, 3.05) is 13.1 Å². The summed E-state index contributed by atoms with van der Waals surface area (Å²) in [5.74, 6) is 0.142. The molecule has 0 saturated carbocycles. The predicted molar refractivity (Wildman–Crippen MR) is 87.1 cm³/mol. The van der Waals surface area contributed by atoms with E-state index in [2.05, 4.69) is 25.8 Å². The van der Waals surface area contributed by atoms with E-state index in [1.807, 2.05) is 4.90 Å². The van der Waals surface area contributed by atoms with Crippen LogP contribution in [0.4, 0.5) is 0 Å². The van der Waals surface area contributed by atoms with E-state index in [1.54, 1.807) is 6.07 Å². The van der Waals surface area contributed by atoms with Gasteiger partial charge in [-0.05, 0) is 24.3 Å². The van der Waals surface area contributed by atoms with E-state index in [0.717, 1.165) is 19.4 Å². The molecule has 1 aliphatic heterocycles. The average molecular weight is 319 g/mol. The number of nitrogens with two attached hydrogens (primary N) is 1. The Morgan fingerprint density at radius 3 is 2.83 bits per heavy atom. The topological polar surface area (TPSA) is 85.5 Å². The van der Waals surface area contributed by atoms with Crippen LogP contribution < -0.4 is 10.5 Å². The maximum absolute atomic E-state index is 12.4. The molecule has 1 aromatic heterocycles. The monoisotopic (exact) mass is 319 g/mol. The van der Waals surface area contributed by atoms with Crippen molar-refractivity contribution in [2.45, 2.75) is 46.1 Å². The molecule has 0 spiro atoms. The summed E-state index contributed by atoms with van der Waals surface area (Å²) >= 11 is 0. The van der Waals surface area contributed by atoms with Gasteiger partial charge in [-0.2, -0.15) is 0 Å². The van der Waals surface area contributed by atoms with E-state index in [4.69, 9.17) is 10.5 Å². The summed E-state index contributed by atoms with van der Waals surface area (Å²) in [4.78, 5) is 29.3. The normalized spacial score (nSPS) is 18.6. The summed E-state index contributed by atoms with van der Waals surface area (Å²) in [7, 11) is 0. The number of piperidine rings is 1. The average Bonchev–Trinajstić information content (AvgIpc) is 2.46. The molecule has 1 aliphatic rings. The standard InChI is InChI=1S/C17H25N3O3/c1-17(2,3)10-15(21)20-8-4-5-13(11-20)23-12-6-7-19-14(9-12)16(18)22/h6-7,9,13H,4-5,8,10-11H2,1-3H3,(H2,18,22). The van der Waals surface area contributed by atoms with Crippen LogP contribution in [0, 0.1) is 5.41 Å². The second-order valence-electron chi connectivity index (χ2n) is 7.20. The lowest BCUT2D eigenvalue weighted by Gasteiger charge is -2.34. The number of nitrogens with zero attached hydrogens (tertiary/aromatic N) is 2. The first kappa shape index (κ1) is 17.2. The molecule has 1 fully saturated rings. The fraction of sp³-hybridized carbons (Fsp3) is 0.588. The second kappa shape index (κ2) is 6.98. The number of hydrogen-bond donors (Lipinski definition) is 1. The highest BCUT2D eigenvalue weighted by Crippen LogP contribution is 2.23. The molecular formula is C17H25N3O3. The van der Waals surface area contributed by atoms with Gasteiger partial charge >= 0.3 is 0 Å². The highest BCUT2D eigenvalue weighted by atomic mass is 16.5. The van der Waals surface area contributed by atoms with Gasteiger partial charge in [0.15, 0.2) is 0 Å². The van der Waals surface area contributed by atoms with Crippen LogP contribution in [0.5, 0.6) is 5.75 Å². The fourth-order valence-electron chi connectivity index (χ4n) is 2.64. The molecule has 6 nitrogen and oxygen atoms in total. The van der Waals surface area contributed by atoms with Crippen LogP contribution in [0.2, 0.25) is 0 Å². The summed E-state index contributed by atoms with van der Waals surface area (Å²) in [6.45, 7) is 7.53. The van der Waals surface area contributed by atoms with Crippen LogP contribution in [0.25, 0.3) is 0 Å². The first-order valence-corrected chi connectivity index (χ1v) is 7.95. The Morgan fingerprint density at radius 2 is 2.17 bits per heavy atom. The summed E-state index contributed by atoms with van der Waals surface area (Å²) in [6, 6.07) is 3.24. The SMILES string of the molecule is CC(C)(C)CC(=O)N1CCCC(Oc2ccnc(C(N)=O)c2)C1. The Bertz CT molecular complexity index is 581. The molecule has 1 aromatic rings. The third kappa shape index (κ3) is 5.23. The van der Waals surface area contributed by atoms with E-state index in [0.29, 0.717) is 18.7 Å². The molecule has 2 amide bonds. The first-order chi connectivity index (χ1) is 10.7. The number of pyridine rings is 1. The zero-order valence-electron chi connectivity index (χ0n) is 14.0. The van der Waals surface area contributed by atoms with Crippen LogP contribution in [0.15, 0.2) is 18.3 Å². The minimum Gasteiger partial charge on any atom is -0.488 e. The Hall–Kier alpha value is -2.11. The molecule has 2 N–H and O–H groups in total. The smallest absolute Gasteiger partial charge is 0.267 e. The lowest BCUT2D eigenvalue weighted by atomic mass is 9.91. The summed E-state index contributed by atoms with van der Waals surface area (Å²) < 4.78 is 5.91. The largest absolute Gasteiger partial charge is 0.488 e. The summed E-state index contributed by atoms with van der Waals surface area (Å²) in [5, 5.41) is 0. The Balaban J connectivity index is 1.97. The maximum atomic E-state index is 12.4. The first-order valence-electron chi connectivity index (χ1n) is 7.95. The number of aromatic nitrogens is 1. The van der Waals surface area contributed by atoms with Crippen molar-refractivity contribution >= 4 is 11.8 Å². The van der Waals surface area contributed by atoms with Gasteiger partial charge in [-0.1, -0.05) is 20.8 Å². The van der Waals surface area contributed by atoms with Crippen LogP contribution in [-0.2, 0) is 4.79 Å². The Morgan fingerprint density at radius 1 is 1.43 bits per heavy atom. The van der Waals surface area contributed by atoms with Crippen molar-refractivity contribution in [1.29, 1.82) is 0 Å². The van der Waals surface area contributed by atoms with Gasteiger partial charge in [0.2, 0.25) is 5.91 Å². The van der Waals surface area contributed by atoms with Crippen molar-refractivity contribution in [2.24, 2.45) is 11.1 Å². The number of rotatable bonds is 4. The number of likely N-dealkylation sites (tertiary alicyclic amines) is 1. The fourth-order valence-corrected chi connectivity index (χ4v) is 2.64. The number of ether oxygens (including phenoxy) is 1. The van der Waals surface area contributed by atoms with Crippen molar-refractivity contribution in [3.8, 4) is 5.75 Å². The third-order valence-corrected chi connectivity index (χ3v) is 3.70. The van der Waals surface area contributed by atoms with Gasteiger partial charge in [-0.25, -0.2) is 0 Å². The molecule has 1 unspecified atom stereocenters. The van der Waals surface area contributed by atoms with E-state index >= 15 is 0 Å². The number of carbonyl (C=O) groups excluding carboxylic acids is 2. The van der Waals surface area contributed by atoms with Crippen LogP contribution in [-0.4, -0.2) is 40.9 Å². The highest BCUT2D eigenvalue weighted by Gasteiger charge is 2.27. The van der Waals surface area contributed by atoms with E-state index in [9.17, 15) is 9.59 Å². The Kier molecular flexibility index (Phi) is 5.23. The molecule has 1 saturated heterocycles. The van der Waals surface area contributed by atoms with Gasteiger partial charge in [0, 0.05) is 25.2 Å². The van der Waals surface area contributed by atoms with Gasteiger partial charge < -0.3 is 15.4 Å². The Labute approximate surface area is 137 Å². The molecule has 6 heteroatoms. The molecule has 23 heavy (non-hydrogen) atoms. The quantitative estimate of drug-likeness (QED) is 0.919. The highest BCUT2D eigenvalue weighted by molar-refractivity contribution is 5.91. The molecule has 0 radical (unpaired) electrons. The third-order valence-electron chi connectivity index (χ3n) is 3.70. The van der Waals surface area contributed by atoms with Gasteiger partial charge in [0.05, 0.1) is 6.54 Å². The second-order valence-corrected chi connectivity index (χ2v) is 7.20. The molecule has 126 valence electrons. The van der Waals surface area contributed by atoms with E-state index < -0.39 is 5.91 Å². The zero-order valence-corrected chi connectivity index (χ0v) is 14.0. The summed E-state index contributed by atoms with van der Waals surface area (Å²) in [5.41, 5.74) is 5.38. The van der Waals surface area contributed by atoms with E-state index in [-0.39, 0.29) is 23.1 Å². The summed E-state index contributed by atoms with van der Waals surface area (Å²) in [6.07, 6.45) is 3.75. The molecule has 0 bridgehead atoms. The van der Waals surface area contributed by atoms with Crippen molar-refractivity contribution < 1.29 is 14.3 Å². The van der Waals surface area contributed by atoms with E-state index in [1.165, 1.54) is 12.3 Å². The van der Waals surface area contributed by atoms with Crippen LogP contribution in [0.1, 0.15) is 50.5 Å². The minimum atomic E-state index is -0.582. The number of amides is 2. The van der Waals surface area contributed by atoms with Gasteiger partial charge in [0.25, 0.3) is 5.91 Å². The maximum Gasteiger partial charge on any atom is 0.267 e. The molecule has 0 aromatic carbocycles. The predicted octanol–water partition coefficient (Wildman–Crippen LogP) is 1.99. The van der Waals surface area contributed by atoms with Crippen molar-refractivity contribution in [3.05, 3.63) is 24.0 Å². The van der Waals surface area contributed by atoms with Crippen molar-refractivity contribution in [3.63, 3.8) is 0 Å².